The second-order valence-electron chi connectivity index (χ2n) is 3.59. The molecule has 2 rings (SSSR count). The Hall–Kier alpha value is -0.890. The Kier molecular flexibility index (Phi) is 2.82. The lowest BCUT2D eigenvalue weighted by Crippen LogP contribution is -1.94. The predicted molar refractivity (Wildman–Crippen MR) is 62.9 cm³/mol. The summed E-state index contributed by atoms with van der Waals surface area (Å²) in [6.07, 6.45) is 2.45. The van der Waals surface area contributed by atoms with Crippen molar-refractivity contribution >= 4 is 21.6 Å². The van der Waals surface area contributed by atoms with Crippen molar-refractivity contribution in [3.05, 3.63) is 29.3 Å². The molecule has 74 valence electrons. The standard InChI is InChI=1S/C12H15NS/c1-3-9(4-2)10-5-6-11-12(7-10)14-8-13-11/h5-9H,3-4H2,1-2H3. The molecule has 2 aromatic rings. The summed E-state index contributed by atoms with van der Waals surface area (Å²) in [5.74, 6) is 0.710. The fraction of sp³-hybridized carbons (Fsp3) is 0.417. The smallest absolute Gasteiger partial charge is 0.0812 e. The van der Waals surface area contributed by atoms with Crippen molar-refractivity contribution in [2.75, 3.05) is 0 Å². The number of rotatable bonds is 3. The molecule has 0 bridgehead atoms. The van der Waals surface area contributed by atoms with Crippen LogP contribution in [-0.4, -0.2) is 4.98 Å². The van der Waals surface area contributed by atoms with E-state index in [1.54, 1.807) is 11.3 Å². The van der Waals surface area contributed by atoms with E-state index >= 15 is 0 Å². The molecule has 2 heteroatoms. The summed E-state index contributed by atoms with van der Waals surface area (Å²) >= 11 is 1.73. The maximum absolute atomic E-state index is 4.29. The van der Waals surface area contributed by atoms with Crippen LogP contribution in [0.25, 0.3) is 10.2 Å². The minimum atomic E-state index is 0.710. The van der Waals surface area contributed by atoms with Gasteiger partial charge in [-0.05, 0) is 36.5 Å². The first-order chi connectivity index (χ1) is 6.85. The number of nitrogens with zero attached hydrogens (tertiary/aromatic N) is 1. The zero-order valence-corrected chi connectivity index (χ0v) is 9.47. The van der Waals surface area contributed by atoms with Crippen LogP contribution in [0, 0.1) is 0 Å². The van der Waals surface area contributed by atoms with Crippen LogP contribution in [0.15, 0.2) is 23.7 Å². The van der Waals surface area contributed by atoms with Gasteiger partial charge in [0.05, 0.1) is 15.7 Å². The summed E-state index contributed by atoms with van der Waals surface area (Å²) in [5, 5.41) is 0. The van der Waals surface area contributed by atoms with Gasteiger partial charge >= 0.3 is 0 Å². The SMILES string of the molecule is CCC(CC)c1ccc2ncsc2c1. The molecule has 0 unspecified atom stereocenters. The zero-order chi connectivity index (χ0) is 9.97. The van der Waals surface area contributed by atoms with E-state index in [4.69, 9.17) is 0 Å². The monoisotopic (exact) mass is 205 g/mol. The van der Waals surface area contributed by atoms with Crippen molar-refractivity contribution in [1.29, 1.82) is 0 Å². The van der Waals surface area contributed by atoms with Crippen molar-refractivity contribution < 1.29 is 0 Å². The van der Waals surface area contributed by atoms with Gasteiger partial charge in [0, 0.05) is 0 Å². The first kappa shape index (κ1) is 9.66. The van der Waals surface area contributed by atoms with E-state index in [2.05, 4.69) is 37.0 Å². The second-order valence-corrected chi connectivity index (χ2v) is 4.48. The second kappa shape index (κ2) is 4.09. The van der Waals surface area contributed by atoms with Gasteiger partial charge in [-0.25, -0.2) is 4.98 Å². The number of thiazole rings is 1. The fourth-order valence-corrected chi connectivity index (χ4v) is 2.61. The summed E-state index contributed by atoms with van der Waals surface area (Å²) in [6.45, 7) is 4.51. The molecule has 0 aliphatic rings. The van der Waals surface area contributed by atoms with Gasteiger partial charge in [0.25, 0.3) is 0 Å². The molecule has 0 saturated carbocycles. The average molecular weight is 205 g/mol. The molecule has 1 aromatic heterocycles. The summed E-state index contributed by atoms with van der Waals surface area (Å²) in [6, 6.07) is 6.66. The summed E-state index contributed by atoms with van der Waals surface area (Å²) in [5.41, 5.74) is 4.51. The number of hydrogen-bond acceptors (Lipinski definition) is 2. The molecule has 0 fully saturated rings. The Balaban J connectivity index is 2.42. The van der Waals surface area contributed by atoms with E-state index in [-0.39, 0.29) is 0 Å². The number of benzene rings is 1. The molecular formula is C12H15NS. The Morgan fingerprint density at radius 3 is 2.79 bits per heavy atom. The van der Waals surface area contributed by atoms with E-state index in [1.807, 2.05) is 5.51 Å². The van der Waals surface area contributed by atoms with Gasteiger partial charge in [0.2, 0.25) is 0 Å². The molecule has 1 nitrogen and oxygen atoms in total. The maximum Gasteiger partial charge on any atom is 0.0812 e. The topological polar surface area (TPSA) is 12.9 Å². The third kappa shape index (κ3) is 1.67. The minimum Gasteiger partial charge on any atom is -0.245 e. The van der Waals surface area contributed by atoms with Crippen molar-refractivity contribution in [3.8, 4) is 0 Å². The molecule has 0 spiro atoms. The Bertz CT molecular complexity index is 415. The lowest BCUT2D eigenvalue weighted by Gasteiger charge is -2.12. The molecule has 0 amide bonds. The quantitative estimate of drug-likeness (QED) is 0.731. The Morgan fingerprint density at radius 1 is 1.29 bits per heavy atom. The largest absolute Gasteiger partial charge is 0.245 e. The normalized spacial score (nSPS) is 11.4. The van der Waals surface area contributed by atoms with Crippen LogP contribution in [0.5, 0.6) is 0 Å². The van der Waals surface area contributed by atoms with Gasteiger partial charge in [0.15, 0.2) is 0 Å². The first-order valence-electron chi connectivity index (χ1n) is 5.18. The molecule has 0 aliphatic carbocycles. The van der Waals surface area contributed by atoms with Crippen LogP contribution in [0.3, 0.4) is 0 Å². The maximum atomic E-state index is 4.29. The van der Waals surface area contributed by atoms with Gasteiger partial charge in [-0.15, -0.1) is 11.3 Å². The van der Waals surface area contributed by atoms with Gasteiger partial charge in [-0.3, -0.25) is 0 Å². The highest BCUT2D eigenvalue weighted by atomic mass is 32.1. The summed E-state index contributed by atoms with van der Waals surface area (Å²) in [7, 11) is 0. The third-order valence-electron chi connectivity index (χ3n) is 2.81. The summed E-state index contributed by atoms with van der Waals surface area (Å²) in [4.78, 5) is 4.29. The highest BCUT2D eigenvalue weighted by Gasteiger charge is 2.07. The van der Waals surface area contributed by atoms with Crippen LogP contribution in [0.2, 0.25) is 0 Å². The molecule has 0 N–H and O–H groups in total. The highest BCUT2D eigenvalue weighted by Crippen LogP contribution is 2.27. The Morgan fingerprint density at radius 2 is 2.07 bits per heavy atom. The van der Waals surface area contributed by atoms with Crippen molar-refractivity contribution in [3.63, 3.8) is 0 Å². The van der Waals surface area contributed by atoms with E-state index in [9.17, 15) is 0 Å². The molecule has 1 aromatic carbocycles. The van der Waals surface area contributed by atoms with Crippen molar-refractivity contribution in [1.82, 2.24) is 4.98 Å². The van der Waals surface area contributed by atoms with Crippen LogP contribution < -0.4 is 0 Å². The Labute approximate surface area is 88.8 Å². The number of hydrogen-bond donors (Lipinski definition) is 0. The molecule has 0 atom stereocenters. The third-order valence-corrected chi connectivity index (χ3v) is 3.60. The summed E-state index contributed by atoms with van der Waals surface area (Å²) < 4.78 is 1.31. The molecule has 14 heavy (non-hydrogen) atoms. The molecular weight excluding hydrogens is 190 g/mol. The van der Waals surface area contributed by atoms with E-state index in [0.717, 1.165) is 5.52 Å². The lowest BCUT2D eigenvalue weighted by atomic mass is 9.94. The van der Waals surface area contributed by atoms with Crippen LogP contribution in [-0.2, 0) is 0 Å². The van der Waals surface area contributed by atoms with Gasteiger partial charge in [-0.2, -0.15) is 0 Å². The highest BCUT2D eigenvalue weighted by molar-refractivity contribution is 7.16. The van der Waals surface area contributed by atoms with Gasteiger partial charge in [0.1, 0.15) is 0 Å². The number of aromatic nitrogens is 1. The van der Waals surface area contributed by atoms with E-state index in [0.29, 0.717) is 5.92 Å². The van der Waals surface area contributed by atoms with Crippen LogP contribution >= 0.6 is 11.3 Å². The van der Waals surface area contributed by atoms with Crippen LogP contribution in [0.4, 0.5) is 0 Å². The molecule has 0 saturated heterocycles. The minimum absolute atomic E-state index is 0.710. The first-order valence-corrected chi connectivity index (χ1v) is 6.06. The van der Waals surface area contributed by atoms with Gasteiger partial charge in [-0.1, -0.05) is 19.9 Å². The molecule has 0 radical (unpaired) electrons. The number of fused-ring (bicyclic) bond motifs is 1. The predicted octanol–water partition coefficient (Wildman–Crippen LogP) is 4.20. The lowest BCUT2D eigenvalue weighted by molar-refractivity contribution is 0.643. The van der Waals surface area contributed by atoms with Gasteiger partial charge < -0.3 is 0 Å². The fourth-order valence-electron chi connectivity index (χ4n) is 1.89. The van der Waals surface area contributed by atoms with Crippen molar-refractivity contribution in [2.24, 2.45) is 0 Å². The molecule has 0 aliphatic heterocycles. The average Bonchev–Trinajstić information content (AvgIpc) is 2.66. The van der Waals surface area contributed by atoms with E-state index in [1.165, 1.54) is 23.1 Å². The van der Waals surface area contributed by atoms with Crippen LogP contribution in [0.1, 0.15) is 38.2 Å². The van der Waals surface area contributed by atoms with E-state index < -0.39 is 0 Å². The zero-order valence-electron chi connectivity index (χ0n) is 8.66. The molecule has 1 heterocycles. The van der Waals surface area contributed by atoms with Crippen molar-refractivity contribution in [2.45, 2.75) is 32.6 Å².